The smallest absolute Gasteiger partial charge is 0.127 e. The highest BCUT2D eigenvalue weighted by Crippen LogP contribution is 2.19. The second-order valence-corrected chi connectivity index (χ2v) is 4.27. The molecule has 0 aliphatic heterocycles. The minimum atomic E-state index is -0.144. The lowest BCUT2D eigenvalue weighted by Crippen LogP contribution is -2.24. The van der Waals surface area contributed by atoms with Crippen LogP contribution in [0.4, 0.5) is 4.39 Å². The van der Waals surface area contributed by atoms with Crippen molar-refractivity contribution in [2.75, 3.05) is 6.54 Å². The molecule has 1 aromatic carbocycles. The molecule has 1 N–H and O–H groups in total. The zero-order valence-electron chi connectivity index (χ0n) is 10.5. The Hall–Kier alpha value is -1.61. The zero-order valence-corrected chi connectivity index (χ0v) is 10.5. The first-order chi connectivity index (χ1) is 8.81. The monoisotopic (exact) mass is 247 g/mol. The highest BCUT2D eigenvalue weighted by Gasteiger charge is 2.12. The summed E-state index contributed by atoms with van der Waals surface area (Å²) in [4.78, 5) is 0. The molecule has 0 saturated carbocycles. The molecule has 0 aliphatic carbocycles. The van der Waals surface area contributed by atoms with Gasteiger partial charge in [0.15, 0.2) is 0 Å². The van der Waals surface area contributed by atoms with Crippen LogP contribution in [-0.4, -0.2) is 6.54 Å². The average molecular weight is 247 g/mol. The molecule has 18 heavy (non-hydrogen) atoms. The Labute approximate surface area is 107 Å². The van der Waals surface area contributed by atoms with Gasteiger partial charge in [0.1, 0.15) is 11.6 Å². The van der Waals surface area contributed by atoms with Gasteiger partial charge in [-0.2, -0.15) is 0 Å². The number of benzene rings is 1. The van der Waals surface area contributed by atoms with Crippen LogP contribution in [0.5, 0.6) is 0 Å². The Morgan fingerprint density at radius 3 is 2.72 bits per heavy atom. The summed E-state index contributed by atoms with van der Waals surface area (Å²) in [6.45, 7) is 2.83. The van der Waals surface area contributed by atoms with Crippen molar-refractivity contribution < 1.29 is 8.81 Å². The van der Waals surface area contributed by atoms with E-state index in [2.05, 4.69) is 12.2 Å². The Morgan fingerprint density at radius 2 is 2.06 bits per heavy atom. The molecule has 0 fully saturated rings. The second kappa shape index (κ2) is 6.36. The van der Waals surface area contributed by atoms with Gasteiger partial charge >= 0.3 is 0 Å². The number of hydrogen-bond donors (Lipinski definition) is 1. The number of halogens is 1. The van der Waals surface area contributed by atoms with Crippen LogP contribution >= 0.6 is 0 Å². The van der Waals surface area contributed by atoms with Crippen LogP contribution in [0.2, 0.25) is 0 Å². The zero-order chi connectivity index (χ0) is 12.8. The van der Waals surface area contributed by atoms with Gasteiger partial charge in [-0.05, 0) is 24.6 Å². The van der Waals surface area contributed by atoms with Gasteiger partial charge in [0.25, 0.3) is 0 Å². The average Bonchev–Trinajstić information content (AvgIpc) is 2.89. The van der Waals surface area contributed by atoms with Crippen molar-refractivity contribution in [3.63, 3.8) is 0 Å². The maximum atomic E-state index is 13.7. The van der Waals surface area contributed by atoms with Gasteiger partial charge in [0.05, 0.1) is 6.26 Å². The van der Waals surface area contributed by atoms with Crippen molar-refractivity contribution in [2.45, 2.75) is 25.8 Å². The summed E-state index contributed by atoms with van der Waals surface area (Å²) >= 11 is 0. The molecular formula is C15H18FNO. The van der Waals surface area contributed by atoms with E-state index >= 15 is 0 Å². The van der Waals surface area contributed by atoms with Crippen LogP contribution in [0.1, 0.15) is 30.7 Å². The van der Waals surface area contributed by atoms with Gasteiger partial charge in [0, 0.05) is 24.6 Å². The minimum Gasteiger partial charge on any atom is -0.469 e. The fraction of sp³-hybridized carbons (Fsp3) is 0.333. The highest BCUT2D eigenvalue weighted by molar-refractivity contribution is 5.21. The minimum absolute atomic E-state index is 0.0566. The molecule has 1 heterocycles. The van der Waals surface area contributed by atoms with Gasteiger partial charge in [-0.3, -0.25) is 0 Å². The molecule has 3 heteroatoms. The number of furan rings is 1. The highest BCUT2D eigenvalue weighted by atomic mass is 19.1. The SMILES string of the molecule is CCC(NCCc1ccco1)c1ccccc1F. The van der Waals surface area contributed by atoms with E-state index in [9.17, 15) is 4.39 Å². The molecule has 0 aliphatic rings. The molecule has 1 unspecified atom stereocenters. The summed E-state index contributed by atoms with van der Waals surface area (Å²) in [6.07, 6.45) is 3.35. The third-order valence-electron chi connectivity index (χ3n) is 3.03. The maximum Gasteiger partial charge on any atom is 0.127 e. The Kier molecular flexibility index (Phi) is 4.53. The van der Waals surface area contributed by atoms with Gasteiger partial charge in [-0.25, -0.2) is 4.39 Å². The first-order valence-electron chi connectivity index (χ1n) is 6.31. The topological polar surface area (TPSA) is 25.2 Å². The summed E-state index contributed by atoms with van der Waals surface area (Å²) in [5.41, 5.74) is 0.736. The lowest BCUT2D eigenvalue weighted by atomic mass is 10.0. The lowest BCUT2D eigenvalue weighted by molar-refractivity contribution is 0.461. The van der Waals surface area contributed by atoms with Crippen molar-refractivity contribution in [1.29, 1.82) is 0 Å². The molecule has 0 saturated heterocycles. The van der Waals surface area contributed by atoms with Crippen LogP contribution in [-0.2, 0) is 6.42 Å². The molecule has 2 aromatic rings. The summed E-state index contributed by atoms with van der Waals surface area (Å²) in [6, 6.07) is 10.8. The van der Waals surface area contributed by atoms with E-state index in [-0.39, 0.29) is 11.9 Å². The molecule has 0 radical (unpaired) electrons. The first kappa shape index (κ1) is 12.8. The van der Waals surface area contributed by atoms with E-state index in [1.807, 2.05) is 24.3 Å². The summed E-state index contributed by atoms with van der Waals surface area (Å²) in [7, 11) is 0. The predicted molar refractivity (Wildman–Crippen MR) is 69.8 cm³/mol. The van der Waals surface area contributed by atoms with E-state index in [1.54, 1.807) is 12.3 Å². The largest absolute Gasteiger partial charge is 0.469 e. The molecule has 2 nitrogen and oxygen atoms in total. The van der Waals surface area contributed by atoms with Crippen molar-refractivity contribution in [3.8, 4) is 0 Å². The Bertz CT molecular complexity index is 467. The summed E-state index contributed by atoms with van der Waals surface area (Å²) in [5.74, 6) is 0.806. The number of rotatable bonds is 6. The quantitative estimate of drug-likeness (QED) is 0.842. The standard InChI is InChI=1S/C15H18FNO/c1-2-15(13-7-3-4-8-14(13)16)17-10-9-12-6-5-11-18-12/h3-8,11,15,17H,2,9-10H2,1H3. The molecule has 1 aromatic heterocycles. The van der Waals surface area contributed by atoms with Crippen molar-refractivity contribution in [3.05, 3.63) is 59.8 Å². The fourth-order valence-electron chi connectivity index (χ4n) is 2.06. The fourth-order valence-corrected chi connectivity index (χ4v) is 2.06. The second-order valence-electron chi connectivity index (χ2n) is 4.27. The van der Waals surface area contributed by atoms with Gasteiger partial charge < -0.3 is 9.73 Å². The summed E-state index contributed by atoms with van der Waals surface area (Å²) in [5, 5.41) is 3.36. The van der Waals surface area contributed by atoms with E-state index in [0.717, 1.165) is 30.7 Å². The van der Waals surface area contributed by atoms with Crippen LogP contribution in [0.15, 0.2) is 47.1 Å². The van der Waals surface area contributed by atoms with Gasteiger partial charge in [-0.1, -0.05) is 25.1 Å². The molecule has 1 atom stereocenters. The Balaban J connectivity index is 1.91. The van der Waals surface area contributed by atoms with Crippen molar-refractivity contribution >= 4 is 0 Å². The third-order valence-corrected chi connectivity index (χ3v) is 3.03. The van der Waals surface area contributed by atoms with Crippen molar-refractivity contribution in [2.24, 2.45) is 0 Å². The molecule has 2 rings (SSSR count). The van der Waals surface area contributed by atoms with E-state index < -0.39 is 0 Å². The first-order valence-corrected chi connectivity index (χ1v) is 6.31. The lowest BCUT2D eigenvalue weighted by Gasteiger charge is -2.17. The van der Waals surface area contributed by atoms with Gasteiger partial charge in [-0.15, -0.1) is 0 Å². The van der Waals surface area contributed by atoms with E-state index in [1.165, 1.54) is 6.07 Å². The molecule has 0 spiro atoms. The molecule has 0 bridgehead atoms. The van der Waals surface area contributed by atoms with Crippen LogP contribution in [0.3, 0.4) is 0 Å². The molecule has 96 valence electrons. The van der Waals surface area contributed by atoms with E-state index in [4.69, 9.17) is 4.42 Å². The van der Waals surface area contributed by atoms with Crippen LogP contribution in [0.25, 0.3) is 0 Å². The van der Waals surface area contributed by atoms with Crippen molar-refractivity contribution in [1.82, 2.24) is 5.32 Å². The van der Waals surface area contributed by atoms with Crippen LogP contribution in [0, 0.1) is 5.82 Å². The number of hydrogen-bond acceptors (Lipinski definition) is 2. The third kappa shape index (κ3) is 3.20. The van der Waals surface area contributed by atoms with E-state index in [0.29, 0.717) is 0 Å². The molecule has 0 amide bonds. The molecular weight excluding hydrogens is 229 g/mol. The maximum absolute atomic E-state index is 13.7. The number of nitrogens with one attached hydrogen (secondary N) is 1. The normalized spacial score (nSPS) is 12.6. The predicted octanol–water partition coefficient (Wildman–Crippen LogP) is 3.70. The van der Waals surface area contributed by atoms with Gasteiger partial charge in [0.2, 0.25) is 0 Å². The Morgan fingerprint density at radius 1 is 1.22 bits per heavy atom. The summed E-state index contributed by atoms with van der Waals surface area (Å²) < 4.78 is 18.9. The van der Waals surface area contributed by atoms with Crippen LogP contribution < -0.4 is 5.32 Å².